The fraction of sp³-hybridized carbons (Fsp3) is 0. The van der Waals surface area contributed by atoms with Gasteiger partial charge in [0.05, 0.1) is 22.4 Å². The second-order valence-corrected chi connectivity index (χ2v) is 14.0. The first-order valence-corrected chi connectivity index (χ1v) is 17.8. The summed E-state index contributed by atoms with van der Waals surface area (Å²) in [5, 5.41) is 9.47. The van der Waals surface area contributed by atoms with Crippen LogP contribution in [-0.4, -0.2) is 4.57 Å². The second-order valence-electron chi connectivity index (χ2n) is 12.9. The quantitative estimate of drug-likeness (QED) is 0.188. The van der Waals surface area contributed by atoms with Crippen molar-refractivity contribution >= 4 is 103 Å². The maximum Gasteiger partial charge on any atom is 0.160 e. The molecule has 0 bridgehead atoms. The number of rotatable bonds is 4. The van der Waals surface area contributed by atoms with Gasteiger partial charge in [-0.1, -0.05) is 103 Å². The minimum Gasteiger partial charge on any atom is -0.454 e. The van der Waals surface area contributed by atoms with E-state index in [1.165, 1.54) is 41.8 Å². The van der Waals surface area contributed by atoms with Gasteiger partial charge < -0.3 is 13.9 Å². The van der Waals surface area contributed by atoms with Gasteiger partial charge in [-0.25, -0.2) is 0 Å². The summed E-state index contributed by atoms with van der Waals surface area (Å²) in [5.41, 5.74) is 8.46. The van der Waals surface area contributed by atoms with Crippen LogP contribution < -0.4 is 4.90 Å². The van der Waals surface area contributed by atoms with E-state index in [1.54, 1.807) is 0 Å². The van der Waals surface area contributed by atoms with Crippen molar-refractivity contribution < 1.29 is 4.42 Å². The second kappa shape index (κ2) is 10.6. The zero-order valence-electron chi connectivity index (χ0n) is 26.9. The van der Waals surface area contributed by atoms with E-state index in [2.05, 4.69) is 179 Å². The van der Waals surface area contributed by atoms with Gasteiger partial charge in [0, 0.05) is 58.5 Å². The first-order chi connectivity index (χ1) is 24.8. The molecule has 0 fully saturated rings. The van der Waals surface area contributed by atoms with Crippen molar-refractivity contribution in [1.82, 2.24) is 4.57 Å². The molecular formula is C46H28N2OS. The summed E-state index contributed by atoms with van der Waals surface area (Å²) in [7, 11) is 0. The molecule has 0 N–H and O–H groups in total. The summed E-state index contributed by atoms with van der Waals surface area (Å²) in [4.78, 5) is 2.46. The lowest BCUT2D eigenvalue weighted by molar-refractivity contribution is 0.669. The van der Waals surface area contributed by atoms with E-state index in [4.69, 9.17) is 4.42 Å². The van der Waals surface area contributed by atoms with Crippen molar-refractivity contribution in [3.63, 3.8) is 0 Å². The summed E-state index contributed by atoms with van der Waals surface area (Å²) in [6.45, 7) is 0. The summed E-state index contributed by atoms with van der Waals surface area (Å²) >= 11 is 1.85. The molecule has 0 spiro atoms. The van der Waals surface area contributed by atoms with E-state index in [0.29, 0.717) is 0 Å². The minimum absolute atomic E-state index is 0.879. The number of anilines is 3. The van der Waals surface area contributed by atoms with Crippen molar-refractivity contribution in [3.05, 3.63) is 170 Å². The third-order valence-electron chi connectivity index (χ3n) is 10.1. The molecule has 0 atom stereocenters. The minimum atomic E-state index is 0.879. The molecule has 0 aliphatic carbocycles. The van der Waals surface area contributed by atoms with Crippen LogP contribution in [0.25, 0.3) is 80.4 Å². The number of fused-ring (bicyclic) bond motifs is 10. The lowest BCUT2D eigenvalue weighted by atomic mass is 10.0. The van der Waals surface area contributed by atoms with Gasteiger partial charge in [-0.05, 0) is 72.1 Å². The number of nitrogens with zero attached hydrogens (tertiary/aromatic N) is 2. The van der Waals surface area contributed by atoms with E-state index in [9.17, 15) is 0 Å². The van der Waals surface area contributed by atoms with Crippen LogP contribution in [0.5, 0.6) is 0 Å². The van der Waals surface area contributed by atoms with E-state index >= 15 is 0 Å². The summed E-state index contributed by atoms with van der Waals surface area (Å²) in [6, 6.07) is 61.2. The lowest BCUT2D eigenvalue weighted by Gasteiger charge is -2.28. The zero-order chi connectivity index (χ0) is 32.8. The Labute approximate surface area is 291 Å². The van der Waals surface area contributed by atoms with Crippen molar-refractivity contribution in [2.75, 3.05) is 4.90 Å². The molecule has 0 saturated carbocycles. The Morgan fingerprint density at radius 2 is 1.18 bits per heavy atom. The Morgan fingerprint density at radius 3 is 2.08 bits per heavy atom. The number of para-hydroxylation sites is 3. The van der Waals surface area contributed by atoms with Gasteiger partial charge in [-0.3, -0.25) is 0 Å². The third-order valence-corrected chi connectivity index (χ3v) is 11.3. The number of aromatic nitrogens is 1. The maximum atomic E-state index is 6.89. The van der Waals surface area contributed by atoms with Crippen molar-refractivity contribution in [2.45, 2.75) is 0 Å². The molecule has 0 aliphatic heterocycles. The molecule has 50 heavy (non-hydrogen) atoms. The standard InChI is InChI=1S/C46H28N2OS/c1-2-14-30(15-3-1)47-38-20-9-6-19-35(38)44-39(47)21-12-22-40(44)48(31-25-26-43-36(28-31)34-18-8-11-24-42(34)50-43)45-32-16-5-4-13-29(32)27-37-33-17-7-10-23-41(33)49-46(37)45/h1-28H. The molecule has 11 rings (SSSR count). The van der Waals surface area contributed by atoms with Crippen LogP contribution in [0, 0.1) is 0 Å². The number of benzene rings is 8. The molecule has 11 aromatic rings. The molecule has 0 amide bonds. The monoisotopic (exact) mass is 656 g/mol. The van der Waals surface area contributed by atoms with Crippen LogP contribution in [-0.2, 0) is 0 Å². The summed E-state index contributed by atoms with van der Waals surface area (Å²) < 4.78 is 11.9. The van der Waals surface area contributed by atoms with Gasteiger partial charge in [-0.2, -0.15) is 0 Å². The molecule has 0 unspecified atom stereocenters. The molecule has 4 heteroatoms. The Bertz CT molecular complexity index is 3110. The van der Waals surface area contributed by atoms with Gasteiger partial charge >= 0.3 is 0 Å². The highest BCUT2D eigenvalue weighted by Gasteiger charge is 2.26. The number of furan rings is 1. The van der Waals surface area contributed by atoms with Crippen LogP contribution in [0.3, 0.4) is 0 Å². The number of thiophene rings is 1. The van der Waals surface area contributed by atoms with Crippen LogP contribution in [0.2, 0.25) is 0 Å². The van der Waals surface area contributed by atoms with Crippen molar-refractivity contribution in [1.29, 1.82) is 0 Å². The van der Waals surface area contributed by atoms with Crippen LogP contribution >= 0.6 is 11.3 Å². The molecule has 3 nitrogen and oxygen atoms in total. The highest BCUT2D eigenvalue weighted by Crippen LogP contribution is 2.50. The smallest absolute Gasteiger partial charge is 0.160 e. The van der Waals surface area contributed by atoms with E-state index < -0.39 is 0 Å². The van der Waals surface area contributed by atoms with Crippen LogP contribution in [0.1, 0.15) is 0 Å². The largest absolute Gasteiger partial charge is 0.454 e. The normalized spacial score (nSPS) is 12.0. The lowest BCUT2D eigenvalue weighted by Crippen LogP contribution is -2.11. The van der Waals surface area contributed by atoms with E-state index in [0.717, 1.165) is 55.6 Å². The van der Waals surface area contributed by atoms with Crippen LogP contribution in [0.15, 0.2) is 174 Å². The van der Waals surface area contributed by atoms with Crippen molar-refractivity contribution in [2.24, 2.45) is 0 Å². The van der Waals surface area contributed by atoms with Gasteiger partial charge in [0.15, 0.2) is 5.58 Å². The fourth-order valence-electron chi connectivity index (χ4n) is 8.01. The van der Waals surface area contributed by atoms with Gasteiger partial charge in [0.2, 0.25) is 0 Å². The van der Waals surface area contributed by atoms with E-state index in [1.807, 2.05) is 11.3 Å². The maximum absolute atomic E-state index is 6.89. The molecule has 8 aromatic carbocycles. The first-order valence-electron chi connectivity index (χ1n) is 16.9. The molecule has 3 aromatic heterocycles. The van der Waals surface area contributed by atoms with Gasteiger partial charge in [0.1, 0.15) is 5.58 Å². The Hall–Kier alpha value is -6.36. The van der Waals surface area contributed by atoms with Crippen LogP contribution in [0.4, 0.5) is 17.1 Å². The topological polar surface area (TPSA) is 21.3 Å². The fourth-order valence-corrected chi connectivity index (χ4v) is 9.09. The predicted octanol–water partition coefficient (Wildman–Crippen LogP) is 13.7. The molecule has 234 valence electrons. The first kappa shape index (κ1) is 27.6. The SMILES string of the molecule is c1ccc(-n2c3ccccc3c3c(N(c4ccc5sc6ccccc6c5c4)c4c5ccccc5cc5c4oc4ccccc45)cccc32)cc1. The third kappa shape index (κ3) is 3.91. The van der Waals surface area contributed by atoms with Crippen molar-refractivity contribution in [3.8, 4) is 5.69 Å². The average Bonchev–Trinajstić information content (AvgIpc) is 3.85. The Morgan fingerprint density at radius 1 is 0.480 bits per heavy atom. The molecule has 0 aliphatic rings. The Balaban J connectivity index is 1.33. The van der Waals surface area contributed by atoms with Gasteiger partial charge in [-0.15, -0.1) is 11.3 Å². The van der Waals surface area contributed by atoms with Gasteiger partial charge in [0.25, 0.3) is 0 Å². The molecule has 0 radical (unpaired) electrons. The average molecular weight is 657 g/mol. The molecule has 0 saturated heterocycles. The van der Waals surface area contributed by atoms with E-state index in [-0.39, 0.29) is 0 Å². The number of hydrogen-bond acceptors (Lipinski definition) is 3. The zero-order valence-corrected chi connectivity index (χ0v) is 27.7. The molecular weight excluding hydrogens is 629 g/mol. The highest BCUT2D eigenvalue weighted by molar-refractivity contribution is 7.25. The number of hydrogen-bond donors (Lipinski definition) is 0. The predicted molar refractivity (Wildman–Crippen MR) is 213 cm³/mol. The Kier molecular flexibility index (Phi) is 5.83. The molecule has 3 heterocycles. The highest BCUT2D eigenvalue weighted by atomic mass is 32.1. The summed E-state index contributed by atoms with van der Waals surface area (Å²) in [6.07, 6.45) is 0. The summed E-state index contributed by atoms with van der Waals surface area (Å²) in [5.74, 6) is 0.